The maximum absolute atomic E-state index is 10.0. The maximum Gasteiger partial charge on any atom is 0.163 e. The standard InChI is InChI=1S/C10H16O.C6H14N2S/c1-9(2)5-4-6-10(3)7-8-11;1-2-3-4-5-8-6(7)9/h5,7-8H,4,6H2,1-3H3;2-5H2,1H3,(H3,7,8,9). The molecule has 0 atom stereocenters. The molecule has 0 rings (SSSR count). The highest BCUT2D eigenvalue weighted by Gasteiger charge is 1.86. The number of nitrogens with one attached hydrogen (secondary N) is 1. The summed E-state index contributed by atoms with van der Waals surface area (Å²) in [7, 11) is 0. The van der Waals surface area contributed by atoms with E-state index < -0.39 is 0 Å². The predicted molar refractivity (Wildman–Crippen MR) is 92.8 cm³/mol. The van der Waals surface area contributed by atoms with Gasteiger partial charge in [0.25, 0.3) is 0 Å². The summed E-state index contributed by atoms with van der Waals surface area (Å²) < 4.78 is 0. The summed E-state index contributed by atoms with van der Waals surface area (Å²) in [6.45, 7) is 9.23. The van der Waals surface area contributed by atoms with E-state index in [2.05, 4.69) is 44.4 Å². The third-order valence-corrected chi connectivity index (χ3v) is 2.67. The van der Waals surface area contributed by atoms with Crippen molar-refractivity contribution in [1.82, 2.24) is 5.32 Å². The van der Waals surface area contributed by atoms with Crippen LogP contribution < -0.4 is 11.1 Å². The normalized spacial score (nSPS) is 10.1. The van der Waals surface area contributed by atoms with Crippen molar-refractivity contribution in [2.24, 2.45) is 5.73 Å². The third-order valence-electron chi connectivity index (χ3n) is 2.52. The molecule has 0 aromatic carbocycles. The van der Waals surface area contributed by atoms with Crippen molar-refractivity contribution in [3.05, 3.63) is 23.3 Å². The Morgan fingerprint density at radius 2 is 1.90 bits per heavy atom. The van der Waals surface area contributed by atoms with E-state index in [-0.39, 0.29) is 0 Å². The van der Waals surface area contributed by atoms with E-state index in [1.54, 1.807) is 6.08 Å². The van der Waals surface area contributed by atoms with Crippen LogP contribution in [-0.4, -0.2) is 17.9 Å². The van der Waals surface area contributed by atoms with Crippen LogP contribution in [0.25, 0.3) is 0 Å². The van der Waals surface area contributed by atoms with E-state index in [4.69, 9.17) is 5.73 Å². The van der Waals surface area contributed by atoms with E-state index in [1.807, 2.05) is 6.92 Å². The highest BCUT2D eigenvalue weighted by Crippen LogP contribution is 2.05. The second kappa shape index (κ2) is 15.9. The van der Waals surface area contributed by atoms with Crippen molar-refractivity contribution >= 4 is 23.6 Å². The Kier molecular flexibility index (Phi) is 16.8. The molecule has 0 spiro atoms. The summed E-state index contributed by atoms with van der Waals surface area (Å²) in [6, 6.07) is 0. The fourth-order valence-electron chi connectivity index (χ4n) is 1.37. The Labute approximate surface area is 129 Å². The molecule has 0 aliphatic rings. The Morgan fingerprint density at radius 1 is 1.25 bits per heavy atom. The van der Waals surface area contributed by atoms with Crippen LogP contribution in [0.1, 0.15) is 59.8 Å². The molecule has 0 aromatic rings. The van der Waals surface area contributed by atoms with Gasteiger partial charge in [0.2, 0.25) is 0 Å². The second-order valence-electron chi connectivity index (χ2n) is 4.97. The summed E-state index contributed by atoms with van der Waals surface area (Å²) in [5.41, 5.74) is 7.68. The minimum absolute atomic E-state index is 0.408. The summed E-state index contributed by atoms with van der Waals surface area (Å²) in [5, 5.41) is 3.30. The zero-order chi connectivity index (χ0) is 15.8. The fraction of sp³-hybridized carbons (Fsp3) is 0.625. The van der Waals surface area contributed by atoms with Gasteiger partial charge in [0, 0.05) is 6.54 Å². The second-order valence-corrected chi connectivity index (χ2v) is 5.41. The number of unbranched alkanes of at least 4 members (excludes halogenated alkanes) is 2. The SMILES string of the molecule is CC(C)=CCCC(C)=CC=O.CCCCCNC(N)=S. The van der Waals surface area contributed by atoms with Crippen molar-refractivity contribution in [3.8, 4) is 0 Å². The number of carbonyl (C=O) groups excluding carboxylic acids is 1. The zero-order valence-corrected chi connectivity index (χ0v) is 14.2. The molecule has 0 unspecified atom stereocenters. The highest BCUT2D eigenvalue weighted by atomic mass is 32.1. The minimum atomic E-state index is 0.408. The molecule has 3 N–H and O–H groups in total. The van der Waals surface area contributed by atoms with E-state index in [9.17, 15) is 4.79 Å². The first-order valence-electron chi connectivity index (χ1n) is 7.21. The quantitative estimate of drug-likeness (QED) is 0.235. The lowest BCUT2D eigenvalue weighted by Crippen LogP contribution is -2.29. The van der Waals surface area contributed by atoms with Gasteiger partial charge in [0.05, 0.1) is 0 Å². The molecule has 0 heterocycles. The van der Waals surface area contributed by atoms with Crippen molar-refractivity contribution < 1.29 is 4.79 Å². The molecule has 116 valence electrons. The van der Waals surface area contributed by atoms with Crippen LogP contribution in [0, 0.1) is 0 Å². The number of thiocarbonyl (C=S) groups is 1. The minimum Gasteiger partial charge on any atom is -0.376 e. The Hall–Kier alpha value is -1.16. The first-order chi connectivity index (χ1) is 9.43. The molecule has 0 saturated heterocycles. The van der Waals surface area contributed by atoms with Gasteiger partial charge in [0.1, 0.15) is 6.29 Å². The van der Waals surface area contributed by atoms with Crippen LogP contribution in [-0.2, 0) is 4.79 Å². The van der Waals surface area contributed by atoms with E-state index in [0.29, 0.717) is 5.11 Å². The zero-order valence-electron chi connectivity index (χ0n) is 13.4. The van der Waals surface area contributed by atoms with Crippen molar-refractivity contribution in [2.45, 2.75) is 59.8 Å². The number of nitrogens with two attached hydrogens (primary N) is 1. The van der Waals surface area contributed by atoms with Gasteiger partial charge in [-0.1, -0.05) is 37.0 Å². The lowest BCUT2D eigenvalue weighted by Gasteiger charge is -2.00. The molecule has 0 aromatic heterocycles. The van der Waals surface area contributed by atoms with E-state index in [0.717, 1.165) is 37.7 Å². The van der Waals surface area contributed by atoms with E-state index >= 15 is 0 Å². The van der Waals surface area contributed by atoms with Gasteiger partial charge in [0.15, 0.2) is 5.11 Å². The van der Waals surface area contributed by atoms with Crippen LogP contribution in [0.5, 0.6) is 0 Å². The van der Waals surface area contributed by atoms with Gasteiger partial charge >= 0.3 is 0 Å². The molecular weight excluding hydrogens is 268 g/mol. The lowest BCUT2D eigenvalue weighted by atomic mass is 10.1. The summed E-state index contributed by atoms with van der Waals surface area (Å²) in [4.78, 5) is 10.0. The molecule has 20 heavy (non-hydrogen) atoms. The van der Waals surface area contributed by atoms with Gasteiger partial charge in [-0.2, -0.15) is 0 Å². The average Bonchev–Trinajstić information content (AvgIpc) is 2.35. The van der Waals surface area contributed by atoms with Gasteiger partial charge in [-0.15, -0.1) is 0 Å². The van der Waals surface area contributed by atoms with Gasteiger partial charge in [-0.3, -0.25) is 4.79 Å². The van der Waals surface area contributed by atoms with Crippen LogP contribution in [0.3, 0.4) is 0 Å². The van der Waals surface area contributed by atoms with E-state index in [1.165, 1.54) is 18.4 Å². The van der Waals surface area contributed by atoms with Gasteiger partial charge in [-0.25, -0.2) is 0 Å². The molecule has 0 aliphatic carbocycles. The molecular formula is C16H30N2OS. The number of hydrogen-bond acceptors (Lipinski definition) is 2. The molecule has 0 fully saturated rings. The third kappa shape index (κ3) is 22.1. The smallest absolute Gasteiger partial charge is 0.163 e. The molecule has 0 aliphatic heterocycles. The predicted octanol–water partition coefficient (Wildman–Crippen LogP) is 3.89. The molecule has 0 saturated carbocycles. The fourth-order valence-corrected chi connectivity index (χ4v) is 1.48. The molecule has 3 nitrogen and oxygen atoms in total. The molecule has 0 radical (unpaired) electrons. The first-order valence-corrected chi connectivity index (χ1v) is 7.62. The lowest BCUT2D eigenvalue weighted by molar-refractivity contribution is -0.104. The van der Waals surface area contributed by atoms with Crippen molar-refractivity contribution in [2.75, 3.05) is 6.54 Å². The van der Waals surface area contributed by atoms with Gasteiger partial charge < -0.3 is 11.1 Å². The first kappa shape index (κ1) is 21.1. The molecule has 0 amide bonds. The maximum atomic E-state index is 10.0. The monoisotopic (exact) mass is 298 g/mol. The van der Waals surface area contributed by atoms with Crippen molar-refractivity contribution in [1.29, 1.82) is 0 Å². The number of allylic oxidation sites excluding steroid dienone is 4. The van der Waals surface area contributed by atoms with Crippen LogP contribution in [0.2, 0.25) is 0 Å². The van der Waals surface area contributed by atoms with Crippen LogP contribution in [0.4, 0.5) is 0 Å². The highest BCUT2D eigenvalue weighted by molar-refractivity contribution is 7.80. The molecule has 0 bridgehead atoms. The number of carbonyl (C=O) groups is 1. The average molecular weight is 298 g/mol. The molecule has 4 heteroatoms. The number of rotatable bonds is 8. The summed E-state index contributed by atoms with van der Waals surface area (Å²) in [5.74, 6) is 0. The Balaban J connectivity index is 0. The van der Waals surface area contributed by atoms with Crippen molar-refractivity contribution in [3.63, 3.8) is 0 Å². The Bertz CT molecular complexity index is 318. The topological polar surface area (TPSA) is 55.1 Å². The van der Waals surface area contributed by atoms with Crippen LogP contribution >= 0.6 is 12.2 Å². The Morgan fingerprint density at radius 3 is 2.35 bits per heavy atom. The van der Waals surface area contributed by atoms with Crippen LogP contribution in [0.15, 0.2) is 23.3 Å². The largest absolute Gasteiger partial charge is 0.376 e. The van der Waals surface area contributed by atoms with Gasteiger partial charge in [-0.05, 0) is 58.3 Å². The number of hydrogen-bond donors (Lipinski definition) is 2. The number of aldehydes is 1. The summed E-state index contributed by atoms with van der Waals surface area (Å²) >= 11 is 4.61. The summed E-state index contributed by atoms with van der Waals surface area (Å²) in [6.07, 6.45) is 10.3.